The van der Waals surface area contributed by atoms with Crippen LogP contribution in [0, 0.1) is 10.1 Å². The minimum absolute atomic E-state index is 0.396. The maximum atomic E-state index is 10.2. The van der Waals surface area contributed by atoms with Crippen LogP contribution in [0.25, 0.3) is 17.4 Å². The molecule has 18 heavy (non-hydrogen) atoms. The van der Waals surface area contributed by atoms with Crippen LogP contribution in [0.5, 0.6) is 0 Å². The normalized spacial score (nSPS) is 11.0. The second-order valence-corrected chi connectivity index (χ2v) is 4.25. The number of nitrogens with zero attached hydrogens (tertiary/aromatic N) is 1. The van der Waals surface area contributed by atoms with Gasteiger partial charge in [-0.2, -0.15) is 0 Å². The average molecular weight is 284 g/mol. The number of nitro groups is 1. The Labute approximate surface area is 113 Å². The van der Waals surface area contributed by atoms with Crippen LogP contribution >= 0.6 is 23.2 Å². The van der Waals surface area contributed by atoms with Gasteiger partial charge < -0.3 is 4.42 Å². The zero-order chi connectivity index (χ0) is 13.1. The fourth-order valence-electron chi connectivity index (χ4n) is 1.38. The van der Waals surface area contributed by atoms with E-state index in [1.165, 1.54) is 6.08 Å². The highest BCUT2D eigenvalue weighted by Gasteiger charge is 2.06. The molecule has 1 aromatic heterocycles. The van der Waals surface area contributed by atoms with Crippen molar-refractivity contribution in [3.05, 3.63) is 62.5 Å². The lowest BCUT2D eigenvalue weighted by Crippen LogP contribution is -1.81. The summed E-state index contributed by atoms with van der Waals surface area (Å²) in [6, 6.07) is 8.43. The van der Waals surface area contributed by atoms with Crippen LogP contribution in [0.15, 0.2) is 40.9 Å². The summed E-state index contributed by atoms with van der Waals surface area (Å²) < 4.78 is 5.42. The molecule has 0 bridgehead atoms. The van der Waals surface area contributed by atoms with E-state index in [1.54, 1.807) is 30.3 Å². The van der Waals surface area contributed by atoms with Crippen LogP contribution in [-0.2, 0) is 0 Å². The second-order valence-electron chi connectivity index (χ2n) is 3.43. The SMILES string of the molecule is O=[N+]([O-])/C=C/c1ccc(-c2ccc(Cl)c(Cl)c2)o1. The Morgan fingerprint density at radius 2 is 1.94 bits per heavy atom. The lowest BCUT2D eigenvalue weighted by molar-refractivity contribution is -0.401. The molecule has 0 fully saturated rings. The van der Waals surface area contributed by atoms with E-state index >= 15 is 0 Å². The fraction of sp³-hybridized carbons (Fsp3) is 0. The first-order chi connectivity index (χ1) is 8.56. The van der Waals surface area contributed by atoms with E-state index in [0.29, 0.717) is 21.6 Å². The van der Waals surface area contributed by atoms with Crippen LogP contribution in [-0.4, -0.2) is 4.92 Å². The maximum Gasteiger partial charge on any atom is 0.238 e. The number of furan rings is 1. The van der Waals surface area contributed by atoms with Gasteiger partial charge in [-0.25, -0.2) is 0 Å². The standard InChI is InChI=1S/C12H7Cl2NO3/c13-10-3-1-8(7-11(10)14)12-4-2-9(18-12)5-6-15(16)17/h1-7H/b6-5+. The predicted molar refractivity (Wildman–Crippen MR) is 70.2 cm³/mol. The lowest BCUT2D eigenvalue weighted by atomic mass is 10.2. The first-order valence-corrected chi connectivity index (χ1v) is 5.69. The van der Waals surface area contributed by atoms with Crippen molar-refractivity contribution in [2.24, 2.45) is 0 Å². The summed E-state index contributed by atoms with van der Waals surface area (Å²) in [7, 11) is 0. The Balaban J connectivity index is 2.29. The maximum absolute atomic E-state index is 10.2. The zero-order valence-electron chi connectivity index (χ0n) is 8.97. The van der Waals surface area contributed by atoms with Gasteiger partial charge >= 0.3 is 0 Å². The number of benzene rings is 1. The fourth-order valence-corrected chi connectivity index (χ4v) is 1.68. The second kappa shape index (κ2) is 5.25. The molecule has 0 aliphatic rings. The summed E-state index contributed by atoms with van der Waals surface area (Å²) in [6.45, 7) is 0. The molecule has 2 rings (SSSR count). The third-order valence-electron chi connectivity index (χ3n) is 2.19. The Morgan fingerprint density at radius 1 is 1.17 bits per heavy atom. The van der Waals surface area contributed by atoms with Gasteiger partial charge in [-0.05, 0) is 30.3 Å². The van der Waals surface area contributed by atoms with Crippen molar-refractivity contribution in [2.45, 2.75) is 0 Å². The highest BCUT2D eigenvalue weighted by atomic mass is 35.5. The van der Waals surface area contributed by atoms with E-state index in [2.05, 4.69) is 0 Å². The number of halogens is 2. The molecule has 0 saturated heterocycles. The number of hydrogen-bond donors (Lipinski definition) is 0. The molecular weight excluding hydrogens is 277 g/mol. The summed E-state index contributed by atoms with van der Waals surface area (Å²) in [4.78, 5) is 9.62. The van der Waals surface area contributed by atoms with Crippen LogP contribution in [0.3, 0.4) is 0 Å². The summed E-state index contributed by atoms with van der Waals surface area (Å²) in [6.07, 6.45) is 2.10. The molecule has 1 heterocycles. The van der Waals surface area contributed by atoms with Gasteiger partial charge in [0.2, 0.25) is 6.20 Å². The smallest absolute Gasteiger partial charge is 0.238 e. The van der Waals surface area contributed by atoms with Gasteiger partial charge in [0.15, 0.2) is 0 Å². The minimum Gasteiger partial charge on any atom is -0.457 e. The van der Waals surface area contributed by atoms with Gasteiger partial charge in [0.05, 0.1) is 21.0 Å². The Bertz CT molecular complexity index is 620. The summed E-state index contributed by atoms with van der Waals surface area (Å²) in [5.74, 6) is 0.962. The lowest BCUT2D eigenvalue weighted by Gasteiger charge is -1.99. The molecule has 92 valence electrons. The Kier molecular flexibility index (Phi) is 3.69. The molecule has 0 amide bonds. The third-order valence-corrected chi connectivity index (χ3v) is 2.93. The van der Waals surface area contributed by atoms with E-state index in [1.807, 2.05) is 0 Å². The van der Waals surface area contributed by atoms with Crippen molar-refractivity contribution < 1.29 is 9.34 Å². The Hall–Kier alpha value is -1.78. The topological polar surface area (TPSA) is 56.3 Å². The molecule has 0 spiro atoms. The van der Waals surface area contributed by atoms with E-state index < -0.39 is 4.92 Å². The van der Waals surface area contributed by atoms with Gasteiger partial charge in [0.1, 0.15) is 11.5 Å². The Morgan fingerprint density at radius 3 is 2.61 bits per heavy atom. The van der Waals surface area contributed by atoms with Crippen molar-refractivity contribution in [2.75, 3.05) is 0 Å². The zero-order valence-corrected chi connectivity index (χ0v) is 10.5. The third kappa shape index (κ3) is 2.91. The molecule has 0 aliphatic heterocycles. The molecule has 2 aromatic rings. The van der Waals surface area contributed by atoms with Crippen molar-refractivity contribution in [1.29, 1.82) is 0 Å². The van der Waals surface area contributed by atoms with Gasteiger partial charge in [0.25, 0.3) is 0 Å². The number of rotatable bonds is 3. The molecule has 0 radical (unpaired) electrons. The van der Waals surface area contributed by atoms with Crippen LogP contribution in [0.4, 0.5) is 0 Å². The first kappa shape index (κ1) is 12.7. The summed E-state index contributed by atoms with van der Waals surface area (Å²) >= 11 is 11.7. The van der Waals surface area contributed by atoms with Crippen LogP contribution in [0.2, 0.25) is 10.0 Å². The molecule has 0 atom stereocenters. The molecule has 6 heteroatoms. The summed E-state index contributed by atoms with van der Waals surface area (Å²) in [5, 5.41) is 11.1. The van der Waals surface area contributed by atoms with Gasteiger partial charge in [0, 0.05) is 5.56 Å². The number of hydrogen-bond acceptors (Lipinski definition) is 3. The van der Waals surface area contributed by atoms with Gasteiger partial charge in [-0.3, -0.25) is 10.1 Å². The van der Waals surface area contributed by atoms with E-state index in [4.69, 9.17) is 27.6 Å². The first-order valence-electron chi connectivity index (χ1n) is 4.93. The highest BCUT2D eigenvalue weighted by Crippen LogP contribution is 2.29. The molecule has 0 unspecified atom stereocenters. The van der Waals surface area contributed by atoms with Gasteiger partial charge in [-0.1, -0.05) is 23.2 Å². The van der Waals surface area contributed by atoms with Crippen molar-refractivity contribution in [1.82, 2.24) is 0 Å². The van der Waals surface area contributed by atoms with E-state index in [9.17, 15) is 10.1 Å². The molecule has 0 aliphatic carbocycles. The van der Waals surface area contributed by atoms with Gasteiger partial charge in [-0.15, -0.1) is 0 Å². The van der Waals surface area contributed by atoms with E-state index in [0.717, 1.165) is 11.8 Å². The van der Waals surface area contributed by atoms with Crippen LogP contribution < -0.4 is 0 Å². The van der Waals surface area contributed by atoms with Crippen molar-refractivity contribution >= 4 is 29.3 Å². The largest absolute Gasteiger partial charge is 0.457 e. The molecule has 1 aromatic carbocycles. The minimum atomic E-state index is -0.554. The van der Waals surface area contributed by atoms with Crippen molar-refractivity contribution in [3.63, 3.8) is 0 Å². The quantitative estimate of drug-likeness (QED) is 0.615. The van der Waals surface area contributed by atoms with E-state index in [-0.39, 0.29) is 0 Å². The molecule has 0 saturated carbocycles. The highest BCUT2D eigenvalue weighted by molar-refractivity contribution is 6.42. The van der Waals surface area contributed by atoms with Crippen LogP contribution in [0.1, 0.15) is 5.76 Å². The molecular formula is C12H7Cl2NO3. The monoisotopic (exact) mass is 283 g/mol. The molecule has 4 nitrogen and oxygen atoms in total. The van der Waals surface area contributed by atoms with Crippen molar-refractivity contribution in [3.8, 4) is 11.3 Å². The summed E-state index contributed by atoms with van der Waals surface area (Å²) in [5.41, 5.74) is 0.755. The average Bonchev–Trinajstić information content (AvgIpc) is 2.79. The predicted octanol–water partition coefficient (Wildman–Crippen LogP) is 4.50. The molecule has 0 N–H and O–H groups in total.